The van der Waals surface area contributed by atoms with Crippen LogP contribution in [0.3, 0.4) is 0 Å². The number of aromatic nitrogens is 2. The van der Waals surface area contributed by atoms with Crippen LogP contribution in [0.4, 0.5) is 5.95 Å². The molecule has 2 aromatic rings. The molecule has 0 aliphatic carbocycles. The number of piperidine rings is 1. The van der Waals surface area contributed by atoms with Gasteiger partial charge in [0.15, 0.2) is 0 Å². The van der Waals surface area contributed by atoms with Crippen molar-refractivity contribution in [1.29, 1.82) is 0 Å². The molecule has 2 fully saturated rings. The van der Waals surface area contributed by atoms with Crippen molar-refractivity contribution in [1.82, 2.24) is 14.5 Å². The highest BCUT2D eigenvalue weighted by Crippen LogP contribution is 2.43. The topological polar surface area (TPSA) is 24.3 Å². The van der Waals surface area contributed by atoms with E-state index in [0.717, 1.165) is 22.5 Å². The van der Waals surface area contributed by atoms with Crippen LogP contribution in [-0.2, 0) is 7.05 Å². The maximum atomic E-state index is 4.91. The highest BCUT2D eigenvalue weighted by molar-refractivity contribution is 9.10. The molecule has 2 aliphatic rings. The van der Waals surface area contributed by atoms with E-state index in [1.165, 1.54) is 37.9 Å². The number of hydrogen-bond acceptors (Lipinski definition) is 3. The molecule has 0 unspecified atom stereocenters. The molecular weight excluding hydrogens is 328 g/mol. The smallest absolute Gasteiger partial charge is 0.206 e. The Balaban J connectivity index is 1.72. The second-order valence-electron chi connectivity index (χ2n) is 6.53. The van der Waals surface area contributed by atoms with E-state index < -0.39 is 0 Å². The van der Waals surface area contributed by atoms with E-state index in [1.807, 2.05) is 0 Å². The Morgan fingerprint density at radius 3 is 2.48 bits per heavy atom. The van der Waals surface area contributed by atoms with Gasteiger partial charge in [0.1, 0.15) is 0 Å². The first-order valence-electron chi connectivity index (χ1n) is 7.67. The normalized spacial score (nSPS) is 22.0. The fourth-order valence-electron chi connectivity index (χ4n) is 3.81. The van der Waals surface area contributed by atoms with Gasteiger partial charge in [-0.25, -0.2) is 4.98 Å². The lowest BCUT2D eigenvalue weighted by Gasteiger charge is -2.56. The van der Waals surface area contributed by atoms with Crippen molar-refractivity contribution in [2.24, 2.45) is 7.05 Å². The lowest BCUT2D eigenvalue weighted by molar-refractivity contribution is 0.132. The third kappa shape index (κ3) is 2.01. The molecule has 112 valence electrons. The molecule has 0 atom stereocenters. The van der Waals surface area contributed by atoms with Gasteiger partial charge in [0.2, 0.25) is 5.95 Å². The Bertz CT molecular complexity index is 685. The van der Waals surface area contributed by atoms with Gasteiger partial charge >= 0.3 is 0 Å². The molecule has 1 aromatic heterocycles. The minimum atomic E-state index is 0.360. The van der Waals surface area contributed by atoms with Crippen LogP contribution in [0, 0.1) is 0 Å². The highest BCUT2D eigenvalue weighted by Gasteiger charge is 2.47. The summed E-state index contributed by atoms with van der Waals surface area (Å²) < 4.78 is 3.35. The predicted molar refractivity (Wildman–Crippen MR) is 89.8 cm³/mol. The first-order valence-corrected chi connectivity index (χ1v) is 8.47. The van der Waals surface area contributed by atoms with Gasteiger partial charge in [0.25, 0.3) is 0 Å². The number of likely N-dealkylation sites (tertiary alicyclic amines) is 1. The van der Waals surface area contributed by atoms with E-state index >= 15 is 0 Å². The molecule has 4 nitrogen and oxygen atoms in total. The quantitative estimate of drug-likeness (QED) is 0.791. The van der Waals surface area contributed by atoms with Crippen molar-refractivity contribution in [3.05, 3.63) is 22.7 Å². The van der Waals surface area contributed by atoms with Gasteiger partial charge in [-0.15, -0.1) is 0 Å². The average Bonchev–Trinajstić information content (AvgIpc) is 2.75. The molecule has 0 amide bonds. The third-order valence-corrected chi connectivity index (χ3v) is 5.85. The molecule has 0 radical (unpaired) electrons. The maximum Gasteiger partial charge on any atom is 0.206 e. The summed E-state index contributed by atoms with van der Waals surface area (Å²) in [6.45, 7) is 3.54. The van der Waals surface area contributed by atoms with Gasteiger partial charge in [0.05, 0.1) is 11.0 Å². The van der Waals surface area contributed by atoms with Crippen LogP contribution in [0.25, 0.3) is 11.0 Å². The van der Waals surface area contributed by atoms with Crippen LogP contribution in [0.5, 0.6) is 0 Å². The predicted octanol–water partition coefficient (Wildman–Crippen LogP) is 3.01. The lowest BCUT2D eigenvalue weighted by atomic mass is 9.77. The summed E-state index contributed by atoms with van der Waals surface area (Å²) in [5.41, 5.74) is 2.65. The van der Waals surface area contributed by atoms with Crippen molar-refractivity contribution in [2.45, 2.75) is 24.8 Å². The number of imidazole rings is 1. The van der Waals surface area contributed by atoms with E-state index in [9.17, 15) is 0 Å². The molecule has 0 bridgehead atoms. The summed E-state index contributed by atoms with van der Waals surface area (Å²) in [4.78, 5) is 9.90. The van der Waals surface area contributed by atoms with E-state index in [2.05, 4.69) is 62.6 Å². The molecule has 2 aliphatic heterocycles. The molecule has 3 heterocycles. The molecule has 1 spiro atoms. The maximum absolute atomic E-state index is 4.91. The number of fused-ring (bicyclic) bond motifs is 1. The highest BCUT2D eigenvalue weighted by atomic mass is 79.9. The van der Waals surface area contributed by atoms with E-state index in [1.54, 1.807) is 0 Å². The summed E-state index contributed by atoms with van der Waals surface area (Å²) in [6.07, 6.45) is 3.83. The van der Waals surface area contributed by atoms with Gasteiger partial charge in [-0.2, -0.15) is 0 Å². The van der Waals surface area contributed by atoms with Crippen molar-refractivity contribution in [3.8, 4) is 0 Å². The lowest BCUT2D eigenvalue weighted by Crippen LogP contribution is -2.64. The van der Waals surface area contributed by atoms with Crippen LogP contribution in [0.1, 0.15) is 19.3 Å². The molecule has 5 heteroatoms. The number of anilines is 1. The Kier molecular flexibility index (Phi) is 3.05. The number of rotatable bonds is 1. The molecule has 1 aromatic carbocycles. The molecular formula is C16H21BrN4. The zero-order valence-electron chi connectivity index (χ0n) is 12.6. The van der Waals surface area contributed by atoms with Crippen molar-refractivity contribution >= 4 is 32.9 Å². The molecule has 4 rings (SSSR count). The number of halogens is 1. The first-order chi connectivity index (χ1) is 10.1. The number of aryl methyl sites for hydroxylation is 1. The summed E-state index contributed by atoms with van der Waals surface area (Å²) in [5.74, 6) is 1.14. The molecule has 0 N–H and O–H groups in total. The first kappa shape index (κ1) is 13.6. The van der Waals surface area contributed by atoms with Crippen LogP contribution in [0.2, 0.25) is 0 Å². The Hall–Kier alpha value is -1.07. The van der Waals surface area contributed by atoms with Crippen LogP contribution >= 0.6 is 15.9 Å². The van der Waals surface area contributed by atoms with E-state index in [4.69, 9.17) is 4.98 Å². The largest absolute Gasteiger partial charge is 0.336 e. The van der Waals surface area contributed by atoms with Crippen LogP contribution < -0.4 is 4.90 Å². The zero-order chi connectivity index (χ0) is 14.6. The minimum Gasteiger partial charge on any atom is -0.336 e. The van der Waals surface area contributed by atoms with E-state index in [-0.39, 0.29) is 0 Å². The van der Waals surface area contributed by atoms with Gasteiger partial charge < -0.3 is 14.4 Å². The Morgan fingerprint density at radius 2 is 1.81 bits per heavy atom. The van der Waals surface area contributed by atoms with Crippen LogP contribution in [-0.4, -0.2) is 46.7 Å². The standard InChI is InChI=1S/C16H21BrN4/c1-19-8-5-16(6-9-19)7-10-21(16)15-18-13-11-12(17)3-4-14(13)20(15)2/h3-4,11H,5-10H2,1-2H3. The second-order valence-corrected chi connectivity index (χ2v) is 7.45. The number of benzene rings is 1. The Labute approximate surface area is 133 Å². The summed E-state index contributed by atoms with van der Waals surface area (Å²) in [6, 6.07) is 6.35. The molecule has 2 saturated heterocycles. The second kappa shape index (κ2) is 4.71. The number of nitrogens with zero attached hydrogens (tertiary/aromatic N) is 4. The van der Waals surface area contributed by atoms with E-state index in [0.29, 0.717) is 5.54 Å². The summed E-state index contributed by atoms with van der Waals surface area (Å²) in [7, 11) is 4.36. The Morgan fingerprint density at radius 1 is 1.10 bits per heavy atom. The fourth-order valence-corrected chi connectivity index (χ4v) is 4.16. The van der Waals surface area contributed by atoms with Crippen LogP contribution in [0.15, 0.2) is 22.7 Å². The third-order valence-electron chi connectivity index (χ3n) is 5.35. The van der Waals surface area contributed by atoms with Crippen molar-refractivity contribution < 1.29 is 0 Å². The van der Waals surface area contributed by atoms with Gasteiger partial charge in [-0.1, -0.05) is 15.9 Å². The minimum absolute atomic E-state index is 0.360. The summed E-state index contributed by atoms with van der Waals surface area (Å²) >= 11 is 3.54. The monoisotopic (exact) mass is 348 g/mol. The molecule has 21 heavy (non-hydrogen) atoms. The fraction of sp³-hybridized carbons (Fsp3) is 0.562. The summed E-state index contributed by atoms with van der Waals surface area (Å²) in [5, 5.41) is 0. The van der Waals surface area contributed by atoms with Gasteiger partial charge in [-0.3, -0.25) is 0 Å². The van der Waals surface area contributed by atoms with Gasteiger partial charge in [-0.05, 0) is 44.5 Å². The SMILES string of the molecule is CN1CCC2(CC1)CCN2c1nc2cc(Br)ccc2n1C. The number of hydrogen-bond donors (Lipinski definition) is 0. The van der Waals surface area contributed by atoms with Crippen molar-refractivity contribution in [3.63, 3.8) is 0 Å². The van der Waals surface area contributed by atoms with Gasteiger partial charge in [0, 0.05) is 36.7 Å². The van der Waals surface area contributed by atoms with Crippen molar-refractivity contribution in [2.75, 3.05) is 31.6 Å². The average molecular weight is 349 g/mol. The molecule has 0 saturated carbocycles. The zero-order valence-corrected chi connectivity index (χ0v) is 14.2.